The van der Waals surface area contributed by atoms with E-state index in [2.05, 4.69) is 40.1 Å². The molecule has 0 radical (unpaired) electrons. The summed E-state index contributed by atoms with van der Waals surface area (Å²) < 4.78 is 5.47. The topological polar surface area (TPSA) is 36.0 Å². The van der Waals surface area contributed by atoms with Gasteiger partial charge in [0.25, 0.3) is 0 Å². The van der Waals surface area contributed by atoms with Crippen molar-refractivity contribution in [2.24, 2.45) is 0 Å². The fourth-order valence-electron chi connectivity index (χ4n) is 4.12. The summed E-state index contributed by atoms with van der Waals surface area (Å²) in [5.74, 6) is 1.16. The van der Waals surface area contributed by atoms with Crippen molar-refractivity contribution in [2.45, 2.75) is 12.8 Å². The summed E-state index contributed by atoms with van der Waals surface area (Å²) in [6.07, 6.45) is 1.67. The number of nitrogens with zero attached hydrogens (tertiary/aromatic N) is 3. The summed E-state index contributed by atoms with van der Waals surface area (Å²) >= 11 is 0. The Hall–Kier alpha value is -2.69. The fraction of sp³-hybridized carbons (Fsp3) is 0.409. The van der Waals surface area contributed by atoms with Crippen molar-refractivity contribution in [2.75, 3.05) is 56.2 Å². The summed E-state index contributed by atoms with van der Waals surface area (Å²) in [5.41, 5.74) is 3.81. The third-order valence-corrected chi connectivity index (χ3v) is 5.64. The predicted molar refractivity (Wildman–Crippen MR) is 109 cm³/mol. The van der Waals surface area contributed by atoms with Gasteiger partial charge in [-0.3, -0.25) is 4.79 Å². The maximum Gasteiger partial charge on any atom is 0.224 e. The van der Waals surface area contributed by atoms with Crippen molar-refractivity contribution in [1.82, 2.24) is 4.90 Å². The summed E-state index contributed by atoms with van der Waals surface area (Å²) in [6, 6.07) is 16.6. The first kappa shape index (κ1) is 17.7. The summed E-state index contributed by atoms with van der Waals surface area (Å²) in [5, 5.41) is 0. The molecule has 1 amide bonds. The van der Waals surface area contributed by atoms with Gasteiger partial charge in [0.2, 0.25) is 5.91 Å². The van der Waals surface area contributed by atoms with Crippen molar-refractivity contribution in [3.8, 4) is 5.75 Å². The molecule has 1 saturated heterocycles. The maximum absolute atomic E-state index is 12.7. The summed E-state index contributed by atoms with van der Waals surface area (Å²) in [7, 11) is 1.70. The molecule has 0 bridgehead atoms. The zero-order valence-electron chi connectivity index (χ0n) is 15.9. The molecular formula is C22H27N3O2. The molecule has 0 aromatic heterocycles. The average Bonchev–Trinajstić information content (AvgIpc) is 3.15. The van der Waals surface area contributed by atoms with Crippen LogP contribution in [0.2, 0.25) is 0 Å². The third-order valence-electron chi connectivity index (χ3n) is 5.64. The average molecular weight is 365 g/mol. The minimum atomic E-state index is 0.263. The standard InChI is InChI=1S/C22H27N3O2/c1-27-21-9-5-4-8-20(21)24-14-16-25(17-15-24)22(26)11-13-23-12-10-18-6-2-3-7-19(18)23/h2-9H,10-17H2,1H3. The van der Waals surface area contributed by atoms with E-state index >= 15 is 0 Å². The molecule has 2 aromatic carbocycles. The lowest BCUT2D eigenvalue weighted by molar-refractivity contribution is -0.131. The molecule has 0 N–H and O–H groups in total. The Morgan fingerprint density at radius 3 is 2.41 bits per heavy atom. The third kappa shape index (κ3) is 3.72. The number of fused-ring (bicyclic) bond motifs is 1. The molecule has 2 aromatic rings. The normalized spacial score (nSPS) is 16.4. The van der Waals surface area contributed by atoms with E-state index < -0.39 is 0 Å². The molecule has 2 heterocycles. The van der Waals surface area contributed by atoms with Gasteiger partial charge >= 0.3 is 0 Å². The molecule has 142 valence electrons. The number of methoxy groups -OCH3 is 1. The first-order valence-corrected chi connectivity index (χ1v) is 9.75. The van der Waals surface area contributed by atoms with Crippen LogP contribution in [0.25, 0.3) is 0 Å². The van der Waals surface area contributed by atoms with Gasteiger partial charge in [0, 0.05) is 51.4 Å². The molecule has 0 saturated carbocycles. The second kappa shape index (κ2) is 7.91. The molecule has 0 atom stereocenters. The molecule has 2 aliphatic rings. The van der Waals surface area contributed by atoms with Gasteiger partial charge in [-0.2, -0.15) is 0 Å². The van der Waals surface area contributed by atoms with E-state index in [1.807, 2.05) is 23.1 Å². The van der Waals surface area contributed by atoms with Gasteiger partial charge in [-0.05, 0) is 30.2 Å². The van der Waals surface area contributed by atoms with E-state index in [4.69, 9.17) is 4.74 Å². The molecule has 0 spiro atoms. The smallest absolute Gasteiger partial charge is 0.224 e. The van der Waals surface area contributed by atoms with Crippen LogP contribution < -0.4 is 14.5 Å². The Labute approximate surface area is 161 Å². The largest absolute Gasteiger partial charge is 0.495 e. The van der Waals surface area contributed by atoms with Crippen molar-refractivity contribution >= 4 is 17.3 Å². The Morgan fingerprint density at radius 1 is 0.926 bits per heavy atom. The highest BCUT2D eigenvalue weighted by Gasteiger charge is 2.24. The van der Waals surface area contributed by atoms with Crippen LogP contribution in [0.4, 0.5) is 11.4 Å². The second-order valence-corrected chi connectivity index (χ2v) is 7.16. The van der Waals surface area contributed by atoms with Crippen LogP contribution >= 0.6 is 0 Å². The monoisotopic (exact) mass is 365 g/mol. The van der Waals surface area contributed by atoms with Crippen LogP contribution in [0.15, 0.2) is 48.5 Å². The maximum atomic E-state index is 12.7. The Balaban J connectivity index is 1.29. The number of carbonyl (C=O) groups is 1. The minimum absolute atomic E-state index is 0.263. The highest BCUT2D eigenvalue weighted by Crippen LogP contribution is 2.29. The van der Waals surface area contributed by atoms with Crippen LogP contribution in [0.1, 0.15) is 12.0 Å². The molecule has 1 fully saturated rings. The number of anilines is 2. The second-order valence-electron chi connectivity index (χ2n) is 7.16. The number of piperazine rings is 1. The quantitative estimate of drug-likeness (QED) is 0.816. The van der Waals surface area contributed by atoms with Crippen LogP contribution in [0.3, 0.4) is 0 Å². The molecule has 0 unspecified atom stereocenters. The number of carbonyl (C=O) groups excluding carboxylic acids is 1. The van der Waals surface area contributed by atoms with Gasteiger partial charge in [0.05, 0.1) is 12.8 Å². The zero-order valence-corrected chi connectivity index (χ0v) is 15.9. The number of para-hydroxylation sites is 3. The van der Waals surface area contributed by atoms with Crippen molar-refractivity contribution < 1.29 is 9.53 Å². The Morgan fingerprint density at radius 2 is 1.63 bits per heavy atom. The zero-order chi connectivity index (χ0) is 18.6. The predicted octanol–water partition coefficient (Wildman–Crippen LogP) is 2.80. The van der Waals surface area contributed by atoms with Crippen LogP contribution in [0, 0.1) is 0 Å². The molecule has 5 nitrogen and oxygen atoms in total. The number of ether oxygens (including phenoxy) is 1. The number of amides is 1. The molecular weight excluding hydrogens is 338 g/mol. The van der Waals surface area contributed by atoms with Gasteiger partial charge in [-0.15, -0.1) is 0 Å². The van der Waals surface area contributed by atoms with E-state index in [1.165, 1.54) is 11.3 Å². The first-order chi connectivity index (χ1) is 13.3. The van der Waals surface area contributed by atoms with E-state index in [-0.39, 0.29) is 5.91 Å². The Kier molecular flexibility index (Phi) is 5.19. The number of hydrogen-bond acceptors (Lipinski definition) is 4. The van der Waals surface area contributed by atoms with Gasteiger partial charge < -0.3 is 19.4 Å². The van der Waals surface area contributed by atoms with Crippen molar-refractivity contribution in [3.05, 3.63) is 54.1 Å². The molecule has 27 heavy (non-hydrogen) atoms. The van der Waals surface area contributed by atoms with Gasteiger partial charge in [0.1, 0.15) is 5.75 Å². The first-order valence-electron chi connectivity index (χ1n) is 9.75. The van der Waals surface area contributed by atoms with Gasteiger partial charge in [-0.25, -0.2) is 0 Å². The minimum Gasteiger partial charge on any atom is -0.495 e. The van der Waals surface area contributed by atoms with Gasteiger partial charge in [-0.1, -0.05) is 30.3 Å². The van der Waals surface area contributed by atoms with Crippen LogP contribution in [-0.4, -0.2) is 57.2 Å². The highest BCUT2D eigenvalue weighted by molar-refractivity contribution is 5.77. The summed E-state index contributed by atoms with van der Waals surface area (Å²) in [4.78, 5) is 19.3. The fourth-order valence-corrected chi connectivity index (χ4v) is 4.12. The van der Waals surface area contributed by atoms with Crippen molar-refractivity contribution in [1.29, 1.82) is 0 Å². The highest BCUT2D eigenvalue weighted by atomic mass is 16.5. The number of hydrogen-bond donors (Lipinski definition) is 0. The van der Waals surface area contributed by atoms with E-state index in [1.54, 1.807) is 7.11 Å². The Bertz CT molecular complexity index is 800. The SMILES string of the molecule is COc1ccccc1N1CCN(C(=O)CCN2CCc3ccccc32)CC1. The van der Waals surface area contributed by atoms with Crippen LogP contribution in [0.5, 0.6) is 5.75 Å². The van der Waals surface area contributed by atoms with E-state index in [0.717, 1.165) is 57.1 Å². The molecule has 4 rings (SSSR count). The molecule has 0 aliphatic carbocycles. The lowest BCUT2D eigenvalue weighted by atomic mass is 10.2. The number of rotatable bonds is 5. The number of benzene rings is 2. The van der Waals surface area contributed by atoms with Crippen LogP contribution in [-0.2, 0) is 11.2 Å². The molecule has 5 heteroatoms. The van der Waals surface area contributed by atoms with Gasteiger partial charge in [0.15, 0.2) is 0 Å². The van der Waals surface area contributed by atoms with E-state index in [9.17, 15) is 4.79 Å². The summed E-state index contributed by atoms with van der Waals surface area (Å²) in [6.45, 7) is 5.06. The molecule has 2 aliphatic heterocycles. The van der Waals surface area contributed by atoms with Crippen molar-refractivity contribution in [3.63, 3.8) is 0 Å². The lowest BCUT2D eigenvalue weighted by Gasteiger charge is -2.37. The lowest BCUT2D eigenvalue weighted by Crippen LogP contribution is -2.49. The van der Waals surface area contributed by atoms with E-state index in [0.29, 0.717) is 6.42 Å².